The molecule has 0 saturated heterocycles. The number of halogens is 7. The topological polar surface area (TPSA) is 26.0 Å². The van der Waals surface area contributed by atoms with E-state index in [0.29, 0.717) is 12.1 Å². The molecule has 0 heterocycles. The molecule has 108 valence electrons. The van der Waals surface area contributed by atoms with Crippen LogP contribution < -0.4 is 5.73 Å². The van der Waals surface area contributed by atoms with Gasteiger partial charge >= 0.3 is 12.4 Å². The Bertz CT molecular complexity index is 436. The van der Waals surface area contributed by atoms with Crippen molar-refractivity contribution in [2.75, 3.05) is 6.67 Å². The monoisotopic (exact) mass is 289 g/mol. The summed E-state index contributed by atoms with van der Waals surface area (Å²) in [4.78, 5) is 0. The molecule has 0 aliphatic carbocycles. The third-order valence-corrected chi connectivity index (χ3v) is 2.51. The van der Waals surface area contributed by atoms with Crippen molar-refractivity contribution in [2.45, 2.75) is 24.8 Å². The summed E-state index contributed by atoms with van der Waals surface area (Å²) in [6.07, 6.45) is -10.3. The predicted molar refractivity (Wildman–Crippen MR) is 54.0 cm³/mol. The number of nitrogens with two attached hydrogens (primary N) is 1. The first-order valence-corrected chi connectivity index (χ1v) is 5.17. The van der Waals surface area contributed by atoms with Gasteiger partial charge in [0.1, 0.15) is 0 Å². The molecule has 0 aliphatic heterocycles. The highest BCUT2D eigenvalue weighted by molar-refractivity contribution is 5.37. The smallest absolute Gasteiger partial charge is 0.324 e. The fourth-order valence-electron chi connectivity index (χ4n) is 1.57. The van der Waals surface area contributed by atoms with Crippen molar-refractivity contribution in [3.05, 3.63) is 34.9 Å². The molecule has 0 saturated carbocycles. The van der Waals surface area contributed by atoms with Crippen LogP contribution in [0.2, 0.25) is 0 Å². The molecule has 0 aliphatic rings. The van der Waals surface area contributed by atoms with Crippen molar-refractivity contribution in [1.82, 2.24) is 0 Å². The second-order valence-corrected chi connectivity index (χ2v) is 3.88. The Morgan fingerprint density at radius 3 is 2.00 bits per heavy atom. The number of hydrogen-bond acceptors (Lipinski definition) is 1. The summed E-state index contributed by atoms with van der Waals surface area (Å²) < 4.78 is 87.3. The normalized spacial score (nSPS) is 14.5. The minimum atomic E-state index is -4.98. The van der Waals surface area contributed by atoms with Gasteiger partial charge in [-0.3, -0.25) is 4.39 Å². The first kappa shape index (κ1) is 15.7. The summed E-state index contributed by atoms with van der Waals surface area (Å²) in [5.74, 6) is 0. The van der Waals surface area contributed by atoms with Gasteiger partial charge in [0.25, 0.3) is 0 Å². The lowest BCUT2D eigenvalue weighted by atomic mass is 9.96. The van der Waals surface area contributed by atoms with Crippen molar-refractivity contribution >= 4 is 0 Å². The predicted octanol–water partition coefficient (Wildman–Crippen LogP) is 4.08. The first-order chi connectivity index (χ1) is 8.57. The Morgan fingerprint density at radius 1 is 1.00 bits per heavy atom. The van der Waals surface area contributed by atoms with Crippen LogP contribution in [0.15, 0.2) is 18.2 Å². The molecule has 0 amide bonds. The molecule has 0 spiro atoms. The van der Waals surface area contributed by atoms with Crippen LogP contribution in [-0.4, -0.2) is 6.67 Å². The Morgan fingerprint density at radius 2 is 1.58 bits per heavy atom. The van der Waals surface area contributed by atoms with E-state index >= 15 is 0 Å². The van der Waals surface area contributed by atoms with Gasteiger partial charge < -0.3 is 5.73 Å². The minimum absolute atomic E-state index is 0.00652. The fourth-order valence-corrected chi connectivity index (χ4v) is 1.57. The zero-order chi connectivity index (χ0) is 14.8. The lowest BCUT2D eigenvalue weighted by Gasteiger charge is -2.19. The lowest BCUT2D eigenvalue weighted by molar-refractivity contribution is -0.143. The second kappa shape index (κ2) is 5.36. The van der Waals surface area contributed by atoms with Gasteiger partial charge in [-0.05, 0) is 24.1 Å². The third kappa shape index (κ3) is 3.82. The zero-order valence-corrected chi connectivity index (χ0v) is 9.45. The second-order valence-electron chi connectivity index (χ2n) is 3.88. The molecular formula is C11H10F7N. The van der Waals surface area contributed by atoms with E-state index in [2.05, 4.69) is 0 Å². The van der Waals surface area contributed by atoms with Gasteiger partial charge in [-0.15, -0.1) is 0 Å². The molecule has 0 bridgehead atoms. The molecule has 1 nitrogen and oxygen atoms in total. The van der Waals surface area contributed by atoms with Crippen LogP contribution >= 0.6 is 0 Å². The molecule has 1 aromatic rings. The maximum Gasteiger partial charge on any atom is 0.416 e. The first-order valence-electron chi connectivity index (χ1n) is 5.17. The van der Waals surface area contributed by atoms with E-state index in [0.717, 1.165) is 0 Å². The quantitative estimate of drug-likeness (QED) is 0.833. The summed E-state index contributed by atoms with van der Waals surface area (Å²) in [5, 5.41) is 0. The van der Waals surface area contributed by atoms with E-state index in [1.165, 1.54) is 0 Å². The fraction of sp³-hybridized carbons (Fsp3) is 0.455. The van der Waals surface area contributed by atoms with E-state index in [1.54, 1.807) is 0 Å². The van der Waals surface area contributed by atoms with Crippen LogP contribution in [0.5, 0.6) is 0 Å². The standard InChI is InChI=1S/C11H10F7N/c12-4-3-9(19)7-2-1-6(10(13,14)15)5-8(7)11(16,17)18/h1-2,5,9H,3-4,19H2/t9-/m1/s1. The average molecular weight is 289 g/mol. The van der Waals surface area contributed by atoms with Gasteiger partial charge in [-0.25, -0.2) is 0 Å². The maximum atomic E-state index is 12.7. The van der Waals surface area contributed by atoms with Crippen molar-refractivity contribution < 1.29 is 30.7 Å². The van der Waals surface area contributed by atoms with E-state index in [4.69, 9.17) is 5.73 Å². The molecule has 1 rings (SSSR count). The SMILES string of the molecule is N[C@H](CCF)c1ccc(C(F)(F)F)cc1C(F)(F)F. The van der Waals surface area contributed by atoms with E-state index in [9.17, 15) is 30.7 Å². The summed E-state index contributed by atoms with van der Waals surface area (Å²) in [6.45, 7) is -0.959. The lowest BCUT2D eigenvalue weighted by Crippen LogP contribution is -2.19. The Balaban J connectivity index is 3.33. The van der Waals surface area contributed by atoms with Gasteiger partial charge in [-0.1, -0.05) is 6.07 Å². The van der Waals surface area contributed by atoms with Crippen molar-refractivity contribution in [2.24, 2.45) is 5.73 Å². The average Bonchev–Trinajstić information content (AvgIpc) is 2.26. The van der Waals surface area contributed by atoms with Crippen LogP contribution in [-0.2, 0) is 12.4 Å². The molecule has 0 radical (unpaired) electrons. The highest BCUT2D eigenvalue weighted by Gasteiger charge is 2.38. The summed E-state index contributed by atoms with van der Waals surface area (Å²) in [7, 11) is 0. The summed E-state index contributed by atoms with van der Waals surface area (Å²) >= 11 is 0. The van der Waals surface area contributed by atoms with Crippen LogP contribution in [0.3, 0.4) is 0 Å². The van der Waals surface area contributed by atoms with Gasteiger partial charge in [-0.2, -0.15) is 26.3 Å². The van der Waals surface area contributed by atoms with E-state index in [1.807, 2.05) is 0 Å². The Labute approximate surface area is 104 Å². The van der Waals surface area contributed by atoms with Crippen LogP contribution in [0.1, 0.15) is 29.2 Å². The largest absolute Gasteiger partial charge is 0.416 e. The van der Waals surface area contributed by atoms with Gasteiger partial charge in [0.05, 0.1) is 17.8 Å². The van der Waals surface area contributed by atoms with Gasteiger partial charge in [0, 0.05) is 6.04 Å². The number of rotatable bonds is 3. The molecule has 0 fully saturated rings. The number of alkyl halides is 7. The van der Waals surface area contributed by atoms with Crippen LogP contribution in [0.25, 0.3) is 0 Å². The van der Waals surface area contributed by atoms with Crippen molar-refractivity contribution in [3.63, 3.8) is 0 Å². The zero-order valence-electron chi connectivity index (χ0n) is 9.45. The van der Waals surface area contributed by atoms with E-state index in [-0.39, 0.29) is 6.07 Å². The van der Waals surface area contributed by atoms with E-state index < -0.39 is 48.2 Å². The van der Waals surface area contributed by atoms with Crippen molar-refractivity contribution in [1.29, 1.82) is 0 Å². The molecule has 1 aromatic carbocycles. The van der Waals surface area contributed by atoms with Gasteiger partial charge in [0.2, 0.25) is 0 Å². The Kier molecular flexibility index (Phi) is 4.44. The minimum Gasteiger partial charge on any atom is -0.324 e. The molecule has 0 aromatic heterocycles. The van der Waals surface area contributed by atoms with Crippen LogP contribution in [0.4, 0.5) is 30.7 Å². The number of benzene rings is 1. The maximum absolute atomic E-state index is 12.7. The summed E-state index contributed by atoms with van der Waals surface area (Å²) in [6, 6.07) is -0.161. The molecular weight excluding hydrogens is 279 g/mol. The molecule has 1 atom stereocenters. The third-order valence-electron chi connectivity index (χ3n) is 2.51. The molecule has 8 heteroatoms. The Hall–Kier alpha value is -1.31. The molecule has 2 N–H and O–H groups in total. The van der Waals surface area contributed by atoms with Crippen LogP contribution in [0, 0.1) is 0 Å². The van der Waals surface area contributed by atoms with Crippen molar-refractivity contribution in [3.8, 4) is 0 Å². The highest BCUT2D eigenvalue weighted by Crippen LogP contribution is 2.39. The van der Waals surface area contributed by atoms with Gasteiger partial charge in [0.15, 0.2) is 0 Å². The molecule has 19 heavy (non-hydrogen) atoms. The number of hydrogen-bond donors (Lipinski definition) is 1. The summed E-state index contributed by atoms with van der Waals surface area (Å²) in [5.41, 5.74) is 1.89. The molecule has 0 unspecified atom stereocenters. The highest BCUT2D eigenvalue weighted by atomic mass is 19.4.